The second-order valence-electron chi connectivity index (χ2n) is 6.16. The second-order valence-corrected chi connectivity index (χ2v) is 6.16. The first-order valence-corrected chi connectivity index (χ1v) is 8.06. The fourth-order valence-electron chi connectivity index (χ4n) is 3.07. The van der Waals surface area contributed by atoms with E-state index in [0.29, 0.717) is 38.3 Å². The number of halogens is 4. The van der Waals surface area contributed by atoms with Crippen LogP contribution in [0.15, 0.2) is 18.2 Å². The summed E-state index contributed by atoms with van der Waals surface area (Å²) in [5.41, 5.74) is 0.495. The molecule has 2 rings (SSSR count). The van der Waals surface area contributed by atoms with Crippen LogP contribution >= 0.6 is 24.8 Å². The molecule has 1 saturated heterocycles. The minimum Gasteiger partial charge on any atom is -0.340 e. The van der Waals surface area contributed by atoms with Crippen molar-refractivity contribution in [2.45, 2.75) is 19.9 Å². The van der Waals surface area contributed by atoms with Crippen molar-refractivity contribution < 1.29 is 13.6 Å². The maximum atomic E-state index is 13.9. The summed E-state index contributed by atoms with van der Waals surface area (Å²) < 4.78 is 26.9. The highest BCUT2D eigenvalue weighted by atomic mass is 35.5. The van der Waals surface area contributed by atoms with Gasteiger partial charge in [0.05, 0.1) is 0 Å². The molecule has 0 aliphatic carbocycles. The number of carbonyl (C=O) groups excluding carboxylic acids is 1. The summed E-state index contributed by atoms with van der Waals surface area (Å²) in [6, 6.07) is 3.57. The zero-order valence-corrected chi connectivity index (χ0v) is 16.4. The first kappa shape index (κ1) is 24.1. The Labute approximate surface area is 160 Å². The van der Waals surface area contributed by atoms with Crippen molar-refractivity contribution in [2.24, 2.45) is 5.92 Å². The van der Waals surface area contributed by atoms with Crippen LogP contribution in [-0.2, 0) is 4.79 Å². The van der Waals surface area contributed by atoms with E-state index in [9.17, 15) is 13.6 Å². The van der Waals surface area contributed by atoms with Crippen LogP contribution in [0, 0.1) is 17.6 Å². The van der Waals surface area contributed by atoms with E-state index in [4.69, 9.17) is 0 Å². The fraction of sp³-hybridized carbons (Fsp3) is 0.588. The monoisotopic (exact) mass is 397 g/mol. The molecule has 2 atom stereocenters. The predicted molar refractivity (Wildman–Crippen MR) is 101 cm³/mol. The van der Waals surface area contributed by atoms with Crippen LogP contribution in [-0.4, -0.2) is 55.5 Å². The molecular weight excluding hydrogens is 371 g/mol. The van der Waals surface area contributed by atoms with Crippen LogP contribution in [0.5, 0.6) is 0 Å². The van der Waals surface area contributed by atoms with Crippen LogP contribution in [0.2, 0.25) is 0 Å². The molecule has 0 radical (unpaired) electrons. The van der Waals surface area contributed by atoms with Gasteiger partial charge in [-0.15, -0.1) is 24.8 Å². The molecule has 8 heteroatoms. The Balaban J connectivity index is 0.00000288. The van der Waals surface area contributed by atoms with E-state index in [2.05, 4.69) is 10.2 Å². The first-order valence-electron chi connectivity index (χ1n) is 8.06. The third-order valence-electron chi connectivity index (χ3n) is 4.52. The standard InChI is InChI=1S/C17H25F2N3O.2ClH/c1-12(11-20-3)17(23)22-8-6-21(7-9-22)13(2)15-5-4-14(18)10-16(15)19;;/h4-5,10,12-13,20H,6-9,11H2,1-3H3;2*1H. The molecule has 4 nitrogen and oxygen atoms in total. The molecule has 1 N–H and O–H groups in total. The molecule has 0 aromatic heterocycles. The molecule has 1 aromatic rings. The number of piperazine rings is 1. The van der Waals surface area contributed by atoms with Crippen molar-refractivity contribution in [3.8, 4) is 0 Å². The molecule has 1 heterocycles. The summed E-state index contributed by atoms with van der Waals surface area (Å²) in [5, 5.41) is 3.02. The van der Waals surface area contributed by atoms with E-state index < -0.39 is 11.6 Å². The number of amides is 1. The van der Waals surface area contributed by atoms with Gasteiger partial charge in [0.15, 0.2) is 0 Å². The maximum absolute atomic E-state index is 13.9. The predicted octanol–water partition coefficient (Wildman–Crippen LogP) is 2.87. The highest BCUT2D eigenvalue weighted by Gasteiger charge is 2.27. The lowest BCUT2D eigenvalue weighted by Gasteiger charge is -2.39. The zero-order valence-electron chi connectivity index (χ0n) is 14.8. The topological polar surface area (TPSA) is 35.6 Å². The Morgan fingerprint density at radius 1 is 1.16 bits per heavy atom. The molecular formula is C17H27Cl2F2N3O. The summed E-state index contributed by atoms with van der Waals surface area (Å²) in [6.07, 6.45) is 0. The Bertz CT molecular complexity index is 555. The van der Waals surface area contributed by atoms with Crippen molar-refractivity contribution in [3.05, 3.63) is 35.4 Å². The van der Waals surface area contributed by atoms with Gasteiger partial charge in [0, 0.05) is 56.3 Å². The van der Waals surface area contributed by atoms with Crippen LogP contribution in [0.3, 0.4) is 0 Å². The lowest BCUT2D eigenvalue weighted by molar-refractivity contribution is -0.136. The largest absolute Gasteiger partial charge is 0.340 e. The van der Waals surface area contributed by atoms with Crippen LogP contribution in [0.4, 0.5) is 8.78 Å². The number of benzene rings is 1. The molecule has 1 fully saturated rings. The fourth-order valence-corrected chi connectivity index (χ4v) is 3.07. The Morgan fingerprint density at radius 2 is 1.76 bits per heavy atom. The van der Waals surface area contributed by atoms with E-state index in [0.717, 1.165) is 6.07 Å². The SMILES string of the molecule is CNCC(C)C(=O)N1CCN(C(C)c2ccc(F)cc2F)CC1.Cl.Cl. The van der Waals surface area contributed by atoms with Crippen molar-refractivity contribution >= 4 is 30.7 Å². The van der Waals surface area contributed by atoms with Crippen molar-refractivity contribution in [3.63, 3.8) is 0 Å². The Hall–Kier alpha value is -0.950. The molecule has 0 spiro atoms. The van der Waals surface area contributed by atoms with Crippen molar-refractivity contribution in [1.29, 1.82) is 0 Å². The molecule has 2 unspecified atom stereocenters. The van der Waals surface area contributed by atoms with E-state index >= 15 is 0 Å². The lowest BCUT2D eigenvalue weighted by atomic mass is 10.0. The van der Waals surface area contributed by atoms with Crippen molar-refractivity contribution in [1.82, 2.24) is 15.1 Å². The average Bonchev–Trinajstić information content (AvgIpc) is 2.54. The van der Waals surface area contributed by atoms with Crippen molar-refractivity contribution in [2.75, 3.05) is 39.8 Å². The van der Waals surface area contributed by atoms with Gasteiger partial charge in [-0.1, -0.05) is 13.0 Å². The van der Waals surface area contributed by atoms with Gasteiger partial charge in [-0.25, -0.2) is 8.78 Å². The molecule has 1 amide bonds. The molecule has 0 bridgehead atoms. The summed E-state index contributed by atoms with van der Waals surface area (Å²) >= 11 is 0. The lowest BCUT2D eigenvalue weighted by Crippen LogP contribution is -2.51. The molecule has 25 heavy (non-hydrogen) atoms. The van der Waals surface area contributed by atoms with Gasteiger partial charge >= 0.3 is 0 Å². The molecule has 1 aliphatic rings. The average molecular weight is 398 g/mol. The van der Waals surface area contributed by atoms with Gasteiger partial charge < -0.3 is 10.2 Å². The van der Waals surface area contributed by atoms with Gasteiger partial charge in [-0.05, 0) is 20.0 Å². The van der Waals surface area contributed by atoms with Crippen LogP contribution < -0.4 is 5.32 Å². The third-order valence-corrected chi connectivity index (χ3v) is 4.52. The molecule has 0 saturated carbocycles. The first-order chi connectivity index (χ1) is 10.9. The second kappa shape index (κ2) is 10.9. The van der Waals surface area contributed by atoms with Crippen LogP contribution in [0.25, 0.3) is 0 Å². The Morgan fingerprint density at radius 3 is 2.28 bits per heavy atom. The molecule has 1 aliphatic heterocycles. The number of hydrogen-bond acceptors (Lipinski definition) is 3. The minimum atomic E-state index is -0.563. The molecule has 1 aromatic carbocycles. The summed E-state index contributed by atoms with van der Waals surface area (Å²) in [6.45, 7) is 7.15. The minimum absolute atomic E-state index is 0. The smallest absolute Gasteiger partial charge is 0.226 e. The van der Waals surface area contributed by atoms with Gasteiger partial charge in [0.2, 0.25) is 5.91 Å². The number of nitrogens with one attached hydrogen (secondary N) is 1. The maximum Gasteiger partial charge on any atom is 0.226 e. The summed E-state index contributed by atoms with van der Waals surface area (Å²) in [7, 11) is 1.83. The number of nitrogens with zero attached hydrogens (tertiary/aromatic N) is 2. The van der Waals surface area contributed by atoms with Crippen LogP contribution in [0.1, 0.15) is 25.5 Å². The van der Waals surface area contributed by atoms with Gasteiger partial charge in [-0.3, -0.25) is 9.69 Å². The van der Waals surface area contributed by atoms with E-state index in [-0.39, 0.29) is 42.7 Å². The third kappa shape index (κ3) is 6.06. The highest BCUT2D eigenvalue weighted by Crippen LogP contribution is 2.25. The Kier molecular flexibility index (Phi) is 10.5. The van der Waals surface area contributed by atoms with E-state index in [1.807, 2.05) is 25.8 Å². The van der Waals surface area contributed by atoms with Gasteiger partial charge in [0.1, 0.15) is 11.6 Å². The highest BCUT2D eigenvalue weighted by molar-refractivity contribution is 5.85. The van der Waals surface area contributed by atoms with Gasteiger partial charge in [-0.2, -0.15) is 0 Å². The zero-order chi connectivity index (χ0) is 17.0. The number of rotatable bonds is 5. The number of hydrogen-bond donors (Lipinski definition) is 1. The quantitative estimate of drug-likeness (QED) is 0.829. The molecule has 144 valence electrons. The summed E-state index contributed by atoms with van der Waals surface area (Å²) in [5.74, 6) is -0.968. The van der Waals surface area contributed by atoms with E-state index in [1.165, 1.54) is 12.1 Å². The normalized spacial score (nSPS) is 17.2. The van der Waals surface area contributed by atoms with E-state index in [1.54, 1.807) is 0 Å². The summed E-state index contributed by atoms with van der Waals surface area (Å²) in [4.78, 5) is 16.3. The number of carbonyl (C=O) groups is 1. The van der Waals surface area contributed by atoms with Gasteiger partial charge in [0.25, 0.3) is 0 Å².